The van der Waals surface area contributed by atoms with E-state index in [9.17, 15) is 0 Å². The van der Waals surface area contributed by atoms with E-state index in [0.29, 0.717) is 13.1 Å². The number of hydrogen-bond donors (Lipinski definition) is 1. The number of nitrogens with zero attached hydrogens (tertiary/aromatic N) is 1. The second-order valence-electron chi connectivity index (χ2n) is 2.40. The van der Waals surface area contributed by atoms with Gasteiger partial charge in [-0.1, -0.05) is 0 Å². The molecule has 0 spiro atoms. The van der Waals surface area contributed by atoms with Crippen LogP contribution in [0.1, 0.15) is 0 Å². The van der Waals surface area contributed by atoms with Crippen LogP contribution in [-0.2, 0) is 0 Å². The topological polar surface area (TPSA) is 46.4 Å². The van der Waals surface area contributed by atoms with Gasteiger partial charge in [0.1, 0.15) is 6.10 Å². The third-order valence-electron chi connectivity index (χ3n) is 1.47. The Kier molecular flexibility index (Phi) is 1.51. The van der Waals surface area contributed by atoms with E-state index in [0.717, 1.165) is 0 Å². The minimum atomic E-state index is -0.417. The summed E-state index contributed by atoms with van der Waals surface area (Å²) in [5.74, 6) is 0. The zero-order chi connectivity index (χ0) is 6.15. The van der Waals surface area contributed by atoms with Crippen molar-refractivity contribution in [1.29, 1.82) is 0 Å². The molecule has 1 rings (SSSR count). The fourth-order valence-corrected chi connectivity index (χ4v) is 0.979. The SMILES string of the molecule is CN1CC(O)C([OH2+])C1. The van der Waals surface area contributed by atoms with Crippen LogP contribution in [0.25, 0.3) is 0 Å². The zero-order valence-electron chi connectivity index (χ0n) is 4.96. The van der Waals surface area contributed by atoms with Gasteiger partial charge in [-0.05, 0) is 7.05 Å². The van der Waals surface area contributed by atoms with Gasteiger partial charge in [0.15, 0.2) is 6.10 Å². The molecule has 48 valence electrons. The Balaban J connectivity index is 2.39. The maximum absolute atomic E-state index is 8.94. The smallest absolute Gasteiger partial charge is 0.194 e. The first-order chi connectivity index (χ1) is 3.70. The summed E-state index contributed by atoms with van der Waals surface area (Å²) < 4.78 is 0. The predicted octanol–water partition coefficient (Wildman–Crippen LogP) is -1.61. The molecule has 0 aliphatic carbocycles. The molecule has 8 heavy (non-hydrogen) atoms. The number of likely N-dealkylation sites (N-methyl/N-ethyl adjacent to an activating group) is 1. The van der Waals surface area contributed by atoms with Gasteiger partial charge in [-0.2, -0.15) is 0 Å². The Morgan fingerprint density at radius 2 is 2.25 bits per heavy atom. The summed E-state index contributed by atoms with van der Waals surface area (Å²) in [4.78, 5) is 1.96. The van der Waals surface area contributed by atoms with Gasteiger partial charge in [0.25, 0.3) is 0 Å². The highest BCUT2D eigenvalue weighted by Gasteiger charge is 2.30. The number of hydrogen-bond acceptors (Lipinski definition) is 2. The minimum Gasteiger partial charge on any atom is -0.440 e. The molecule has 0 aromatic carbocycles. The summed E-state index contributed by atoms with van der Waals surface area (Å²) in [6, 6.07) is 0. The fraction of sp³-hybridized carbons (Fsp3) is 1.00. The van der Waals surface area contributed by atoms with E-state index in [1.54, 1.807) is 0 Å². The van der Waals surface area contributed by atoms with Gasteiger partial charge in [-0.25, -0.2) is 0 Å². The third kappa shape index (κ3) is 0.992. The highest BCUT2D eigenvalue weighted by Crippen LogP contribution is 2.05. The molecule has 1 heterocycles. The largest absolute Gasteiger partial charge is 0.440 e. The average molecular weight is 118 g/mol. The van der Waals surface area contributed by atoms with Crippen LogP contribution < -0.4 is 0 Å². The van der Waals surface area contributed by atoms with E-state index >= 15 is 0 Å². The molecule has 0 aromatic rings. The molecule has 3 nitrogen and oxygen atoms in total. The molecule has 0 saturated carbocycles. The van der Waals surface area contributed by atoms with Gasteiger partial charge in [0, 0.05) is 6.54 Å². The Bertz CT molecular complexity index is 76.5. The Morgan fingerprint density at radius 1 is 1.62 bits per heavy atom. The van der Waals surface area contributed by atoms with Gasteiger partial charge in [0.05, 0.1) is 6.54 Å². The molecule has 1 fully saturated rings. The van der Waals surface area contributed by atoms with Crippen LogP contribution in [0.3, 0.4) is 0 Å². The van der Waals surface area contributed by atoms with Crippen molar-refractivity contribution in [1.82, 2.24) is 4.90 Å². The molecule has 1 aliphatic heterocycles. The Labute approximate surface area is 48.5 Å². The maximum Gasteiger partial charge on any atom is 0.194 e. The number of β-amino-alcohol motifs (C(OH)–C–C–N with tert-alkyl or cyclic N) is 1. The lowest BCUT2D eigenvalue weighted by Gasteiger charge is -2.00. The molecule has 1 aliphatic rings. The van der Waals surface area contributed by atoms with Crippen molar-refractivity contribution in [3.05, 3.63) is 0 Å². The first kappa shape index (κ1) is 6.01. The lowest BCUT2D eigenvalue weighted by Crippen LogP contribution is -2.22. The van der Waals surface area contributed by atoms with Crippen LogP contribution >= 0.6 is 0 Å². The summed E-state index contributed by atoms with van der Waals surface area (Å²) in [5.41, 5.74) is 0. The zero-order valence-corrected chi connectivity index (χ0v) is 4.96. The summed E-state index contributed by atoms with van der Waals surface area (Å²) >= 11 is 0. The Hall–Kier alpha value is -0.120. The number of rotatable bonds is 0. The summed E-state index contributed by atoms with van der Waals surface area (Å²) in [7, 11) is 1.91. The second-order valence-corrected chi connectivity index (χ2v) is 2.40. The first-order valence-electron chi connectivity index (χ1n) is 2.78. The molecule has 1 saturated heterocycles. The average Bonchev–Trinajstić information content (AvgIpc) is 1.85. The van der Waals surface area contributed by atoms with Crippen molar-refractivity contribution in [2.24, 2.45) is 0 Å². The van der Waals surface area contributed by atoms with E-state index in [-0.39, 0.29) is 6.10 Å². The van der Waals surface area contributed by atoms with Gasteiger partial charge < -0.3 is 10.2 Å². The predicted molar refractivity (Wildman–Crippen MR) is 30.9 cm³/mol. The molecule has 2 unspecified atom stereocenters. The van der Waals surface area contributed by atoms with Crippen LogP contribution in [-0.4, -0.2) is 47.5 Å². The number of likely N-dealkylation sites (tertiary alicyclic amines) is 1. The first-order valence-corrected chi connectivity index (χ1v) is 2.78. The van der Waals surface area contributed by atoms with Crippen LogP contribution in [0, 0.1) is 0 Å². The van der Waals surface area contributed by atoms with Crippen molar-refractivity contribution in [3.63, 3.8) is 0 Å². The van der Waals surface area contributed by atoms with Crippen molar-refractivity contribution >= 4 is 0 Å². The van der Waals surface area contributed by atoms with Crippen molar-refractivity contribution in [2.75, 3.05) is 20.1 Å². The number of aliphatic hydroxyl groups excluding tert-OH is 1. The summed E-state index contributed by atoms with van der Waals surface area (Å²) in [5, 5.41) is 16.1. The van der Waals surface area contributed by atoms with Crippen LogP contribution in [0.4, 0.5) is 0 Å². The highest BCUT2D eigenvalue weighted by atomic mass is 16.3. The van der Waals surface area contributed by atoms with E-state index < -0.39 is 6.10 Å². The van der Waals surface area contributed by atoms with Crippen molar-refractivity contribution < 1.29 is 10.2 Å². The summed E-state index contributed by atoms with van der Waals surface area (Å²) in [6.07, 6.45) is -0.694. The molecule has 2 atom stereocenters. The quantitative estimate of drug-likeness (QED) is 0.389. The monoisotopic (exact) mass is 118 g/mol. The van der Waals surface area contributed by atoms with Crippen LogP contribution in [0.15, 0.2) is 0 Å². The van der Waals surface area contributed by atoms with Crippen LogP contribution in [0.5, 0.6) is 0 Å². The second kappa shape index (κ2) is 2.01. The molecular weight excluding hydrogens is 106 g/mol. The van der Waals surface area contributed by atoms with Gasteiger partial charge in [-0.3, -0.25) is 4.90 Å². The normalized spacial score (nSPS) is 40.9. The molecule has 3 heteroatoms. The molecule has 3 N–H and O–H groups in total. The molecule has 0 radical (unpaired) electrons. The number of aliphatic hydroxyl groups is 1. The standard InChI is InChI=1S/C5H11NO2/c1-6-2-4(7)5(8)3-6/h4-5,7-8H,2-3H2,1H3/p+1. The molecule has 0 bridgehead atoms. The summed E-state index contributed by atoms with van der Waals surface area (Å²) in [6.45, 7) is 1.37. The van der Waals surface area contributed by atoms with E-state index in [2.05, 4.69) is 0 Å². The van der Waals surface area contributed by atoms with E-state index in [4.69, 9.17) is 10.2 Å². The molecule has 0 amide bonds. The lowest BCUT2D eigenvalue weighted by molar-refractivity contribution is 0.0572. The van der Waals surface area contributed by atoms with Crippen molar-refractivity contribution in [2.45, 2.75) is 12.2 Å². The van der Waals surface area contributed by atoms with Gasteiger partial charge in [-0.15, -0.1) is 0 Å². The van der Waals surface area contributed by atoms with E-state index in [1.165, 1.54) is 0 Å². The molecule has 0 aromatic heterocycles. The molecular formula is C5H12NO2+. The van der Waals surface area contributed by atoms with Gasteiger partial charge in [0.2, 0.25) is 0 Å². The van der Waals surface area contributed by atoms with Crippen LogP contribution in [0.2, 0.25) is 0 Å². The highest BCUT2D eigenvalue weighted by molar-refractivity contribution is 4.80. The van der Waals surface area contributed by atoms with Crippen molar-refractivity contribution in [3.8, 4) is 0 Å². The maximum atomic E-state index is 8.94. The third-order valence-corrected chi connectivity index (χ3v) is 1.47. The van der Waals surface area contributed by atoms with E-state index in [1.807, 2.05) is 11.9 Å². The minimum absolute atomic E-state index is 0.278. The lowest BCUT2D eigenvalue weighted by atomic mass is 10.3. The fourth-order valence-electron chi connectivity index (χ4n) is 0.979. The Morgan fingerprint density at radius 3 is 2.38 bits per heavy atom. The van der Waals surface area contributed by atoms with Gasteiger partial charge >= 0.3 is 0 Å².